The monoisotopic (exact) mass is 293 g/mol. The quantitative estimate of drug-likeness (QED) is 0.798. The molecule has 0 unspecified atom stereocenters. The Balaban J connectivity index is 1.68. The third-order valence-corrected chi connectivity index (χ3v) is 3.41. The van der Waals surface area contributed by atoms with Crippen molar-refractivity contribution in [1.29, 1.82) is 0 Å². The average molecular weight is 293 g/mol. The fourth-order valence-corrected chi connectivity index (χ4v) is 2.25. The highest BCUT2D eigenvalue weighted by atomic mass is 16.2. The largest absolute Gasteiger partial charge is 0.350 e. The van der Waals surface area contributed by atoms with E-state index in [9.17, 15) is 9.59 Å². The summed E-state index contributed by atoms with van der Waals surface area (Å²) in [5, 5.41) is 8.36. The Kier molecular flexibility index (Phi) is 3.96. The first kappa shape index (κ1) is 14.0. The number of carbonyl (C=O) groups is 1. The van der Waals surface area contributed by atoms with Crippen LogP contribution < -0.4 is 10.9 Å². The van der Waals surface area contributed by atoms with Crippen molar-refractivity contribution in [3.8, 4) is 0 Å². The van der Waals surface area contributed by atoms with E-state index >= 15 is 0 Å². The fourth-order valence-electron chi connectivity index (χ4n) is 2.25. The predicted octanol–water partition coefficient (Wildman–Crippen LogP) is 1.83. The summed E-state index contributed by atoms with van der Waals surface area (Å²) >= 11 is 0. The lowest BCUT2D eigenvalue weighted by Gasteiger charge is -2.07. The highest BCUT2D eigenvalue weighted by molar-refractivity contribution is 5.94. The van der Waals surface area contributed by atoms with Crippen molar-refractivity contribution >= 4 is 16.7 Å². The molecular formula is C17H15N3O2. The summed E-state index contributed by atoms with van der Waals surface area (Å²) < 4.78 is 1.37. The van der Waals surface area contributed by atoms with Gasteiger partial charge in [-0.05, 0) is 18.2 Å². The maximum absolute atomic E-state index is 12.3. The number of carbonyl (C=O) groups excluding carboxylic acids is 1. The third-order valence-electron chi connectivity index (χ3n) is 3.41. The summed E-state index contributed by atoms with van der Waals surface area (Å²) in [6.07, 6.45) is 1.66. The molecule has 0 aliphatic carbocycles. The topological polar surface area (TPSA) is 64.0 Å². The number of nitrogens with zero attached hydrogens (tertiary/aromatic N) is 2. The van der Waals surface area contributed by atoms with E-state index in [1.165, 1.54) is 4.68 Å². The smallest absolute Gasteiger partial charge is 0.274 e. The van der Waals surface area contributed by atoms with Crippen molar-refractivity contribution in [3.05, 3.63) is 76.7 Å². The summed E-state index contributed by atoms with van der Waals surface area (Å²) in [7, 11) is 0. The van der Waals surface area contributed by atoms with Crippen LogP contribution in [-0.2, 0) is 6.54 Å². The van der Waals surface area contributed by atoms with E-state index in [0.717, 1.165) is 5.39 Å². The predicted molar refractivity (Wildman–Crippen MR) is 84.8 cm³/mol. The zero-order valence-corrected chi connectivity index (χ0v) is 11.9. The van der Waals surface area contributed by atoms with E-state index in [4.69, 9.17) is 0 Å². The van der Waals surface area contributed by atoms with Gasteiger partial charge in [-0.1, -0.05) is 36.4 Å². The zero-order chi connectivity index (χ0) is 15.4. The standard InChI is InChI=1S/C17H15N3O2/c21-16(13-6-2-1-3-7-13)18-10-11-20-17(22)15-9-5-4-8-14(15)12-19-20/h1-9,12H,10-11H2,(H,18,21). The Morgan fingerprint density at radius 1 is 1.05 bits per heavy atom. The number of hydrogen-bond acceptors (Lipinski definition) is 3. The molecule has 3 rings (SSSR count). The molecule has 0 aliphatic heterocycles. The lowest BCUT2D eigenvalue weighted by Crippen LogP contribution is -2.32. The van der Waals surface area contributed by atoms with Gasteiger partial charge in [-0.15, -0.1) is 0 Å². The number of amides is 1. The van der Waals surface area contributed by atoms with Crippen molar-refractivity contribution in [2.45, 2.75) is 6.54 Å². The first-order valence-corrected chi connectivity index (χ1v) is 7.04. The van der Waals surface area contributed by atoms with Crippen LogP contribution in [0, 0.1) is 0 Å². The minimum absolute atomic E-state index is 0.146. The second-order valence-corrected chi connectivity index (χ2v) is 4.88. The lowest BCUT2D eigenvalue weighted by atomic mass is 10.2. The number of fused-ring (bicyclic) bond motifs is 1. The van der Waals surface area contributed by atoms with Gasteiger partial charge in [-0.3, -0.25) is 9.59 Å². The molecule has 0 bridgehead atoms. The molecule has 110 valence electrons. The second kappa shape index (κ2) is 6.22. The van der Waals surface area contributed by atoms with Gasteiger partial charge in [-0.25, -0.2) is 4.68 Å². The van der Waals surface area contributed by atoms with Gasteiger partial charge in [0.2, 0.25) is 0 Å². The molecule has 1 amide bonds. The summed E-state index contributed by atoms with van der Waals surface area (Å²) in [5.41, 5.74) is 0.452. The summed E-state index contributed by atoms with van der Waals surface area (Å²) in [4.78, 5) is 24.2. The Morgan fingerprint density at radius 3 is 2.59 bits per heavy atom. The van der Waals surface area contributed by atoms with Crippen LogP contribution in [0.15, 0.2) is 65.6 Å². The normalized spacial score (nSPS) is 10.5. The van der Waals surface area contributed by atoms with Crippen LogP contribution in [0.25, 0.3) is 10.8 Å². The molecule has 1 heterocycles. The molecule has 0 radical (unpaired) electrons. The van der Waals surface area contributed by atoms with Gasteiger partial charge in [0.15, 0.2) is 0 Å². The van der Waals surface area contributed by atoms with Crippen molar-refractivity contribution < 1.29 is 4.79 Å². The van der Waals surface area contributed by atoms with E-state index in [0.29, 0.717) is 24.0 Å². The van der Waals surface area contributed by atoms with Crippen LogP contribution in [0.2, 0.25) is 0 Å². The second-order valence-electron chi connectivity index (χ2n) is 4.88. The summed E-state index contributed by atoms with van der Waals surface area (Å²) in [5.74, 6) is -0.158. The number of rotatable bonds is 4. The first-order chi connectivity index (χ1) is 10.8. The molecule has 2 aromatic carbocycles. The van der Waals surface area contributed by atoms with Gasteiger partial charge < -0.3 is 5.32 Å². The minimum atomic E-state index is -0.158. The molecule has 1 N–H and O–H groups in total. The van der Waals surface area contributed by atoms with Gasteiger partial charge in [0.25, 0.3) is 11.5 Å². The summed E-state index contributed by atoms with van der Waals surface area (Å²) in [6, 6.07) is 16.3. The average Bonchev–Trinajstić information content (AvgIpc) is 2.58. The Morgan fingerprint density at radius 2 is 1.77 bits per heavy atom. The minimum Gasteiger partial charge on any atom is -0.350 e. The molecule has 0 fully saturated rings. The number of aromatic nitrogens is 2. The molecule has 0 saturated carbocycles. The van der Waals surface area contributed by atoms with Gasteiger partial charge >= 0.3 is 0 Å². The first-order valence-electron chi connectivity index (χ1n) is 7.04. The van der Waals surface area contributed by atoms with E-state index in [-0.39, 0.29) is 11.5 Å². The Labute approximate surface area is 127 Å². The maximum Gasteiger partial charge on any atom is 0.274 e. The molecule has 0 aliphatic rings. The molecule has 1 aromatic heterocycles. The number of hydrogen-bond donors (Lipinski definition) is 1. The Hall–Kier alpha value is -2.95. The van der Waals surface area contributed by atoms with E-state index in [1.54, 1.807) is 24.4 Å². The third kappa shape index (κ3) is 2.88. The van der Waals surface area contributed by atoms with Crippen LogP contribution in [-0.4, -0.2) is 22.2 Å². The zero-order valence-electron chi connectivity index (χ0n) is 11.9. The molecule has 0 saturated heterocycles. The fraction of sp³-hybridized carbons (Fsp3) is 0.118. The summed E-state index contributed by atoms with van der Waals surface area (Å²) in [6.45, 7) is 0.682. The van der Waals surface area contributed by atoms with E-state index in [1.807, 2.05) is 36.4 Å². The van der Waals surface area contributed by atoms with Crippen LogP contribution in [0.3, 0.4) is 0 Å². The lowest BCUT2D eigenvalue weighted by molar-refractivity contribution is 0.0952. The van der Waals surface area contributed by atoms with Gasteiger partial charge in [0, 0.05) is 17.5 Å². The van der Waals surface area contributed by atoms with Crippen LogP contribution in [0.1, 0.15) is 10.4 Å². The van der Waals surface area contributed by atoms with Crippen molar-refractivity contribution in [3.63, 3.8) is 0 Å². The molecule has 0 atom stereocenters. The number of benzene rings is 2. The van der Waals surface area contributed by atoms with Gasteiger partial charge in [-0.2, -0.15) is 5.10 Å². The molecule has 22 heavy (non-hydrogen) atoms. The molecule has 5 nitrogen and oxygen atoms in total. The molecule has 5 heteroatoms. The molecule has 3 aromatic rings. The van der Waals surface area contributed by atoms with Crippen molar-refractivity contribution in [1.82, 2.24) is 15.1 Å². The van der Waals surface area contributed by atoms with Crippen molar-refractivity contribution in [2.24, 2.45) is 0 Å². The van der Waals surface area contributed by atoms with Crippen molar-refractivity contribution in [2.75, 3.05) is 6.54 Å². The van der Waals surface area contributed by atoms with Crippen LogP contribution in [0.5, 0.6) is 0 Å². The van der Waals surface area contributed by atoms with E-state index < -0.39 is 0 Å². The van der Waals surface area contributed by atoms with E-state index in [2.05, 4.69) is 10.4 Å². The SMILES string of the molecule is O=C(NCCn1ncc2ccccc2c1=O)c1ccccc1. The number of nitrogens with one attached hydrogen (secondary N) is 1. The highest BCUT2D eigenvalue weighted by Gasteiger charge is 2.06. The van der Waals surface area contributed by atoms with Gasteiger partial charge in [0.05, 0.1) is 18.1 Å². The van der Waals surface area contributed by atoms with Crippen LogP contribution in [0.4, 0.5) is 0 Å². The van der Waals surface area contributed by atoms with Crippen LogP contribution >= 0.6 is 0 Å². The molecular weight excluding hydrogens is 278 g/mol. The maximum atomic E-state index is 12.3. The molecule has 0 spiro atoms. The Bertz CT molecular complexity index is 856. The van der Waals surface area contributed by atoms with Gasteiger partial charge in [0.1, 0.15) is 0 Å². The highest BCUT2D eigenvalue weighted by Crippen LogP contribution is 2.06.